The van der Waals surface area contributed by atoms with Gasteiger partial charge in [0, 0.05) is 17.5 Å². The highest BCUT2D eigenvalue weighted by atomic mass is 32.1. The standard InChI is InChI=1S/C19H18N2OS/c1-3-12-21-18(15-8-5-4-6-9-15)14(2)23-19(21)20-16-10-7-11-17(22)13-16/h3-11,13,22H,1,12H2,2H3. The molecule has 4 heteroatoms. The van der Waals surface area contributed by atoms with Gasteiger partial charge in [-0.25, -0.2) is 4.99 Å². The van der Waals surface area contributed by atoms with Gasteiger partial charge in [-0.05, 0) is 24.6 Å². The Kier molecular flexibility index (Phi) is 4.44. The zero-order chi connectivity index (χ0) is 16.2. The molecule has 0 saturated heterocycles. The van der Waals surface area contributed by atoms with Gasteiger partial charge in [0.25, 0.3) is 0 Å². The van der Waals surface area contributed by atoms with Crippen molar-refractivity contribution in [3.05, 3.63) is 76.9 Å². The Morgan fingerprint density at radius 2 is 1.96 bits per heavy atom. The number of hydrogen-bond acceptors (Lipinski definition) is 3. The van der Waals surface area contributed by atoms with E-state index in [1.54, 1.807) is 29.5 Å². The fourth-order valence-electron chi connectivity index (χ4n) is 2.54. The van der Waals surface area contributed by atoms with E-state index in [4.69, 9.17) is 4.99 Å². The summed E-state index contributed by atoms with van der Waals surface area (Å²) in [6, 6.07) is 17.3. The number of phenolic OH excluding ortho intramolecular Hbond substituents is 1. The highest BCUT2D eigenvalue weighted by molar-refractivity contribution is 7.09. The first-order valence-corrected chi connectivity index (χ1v) is 8.21. The summed E-state index contributed by atoms with van der Waals surface area (Å²) in [6.45, 7) is 6.66. The van der Waals surface area contributed by atoms with Gasteiger partial charge in [0.05, 0.1) is 11.4 Å². The van der Waals surface area contributed by atoms with Gasteiger partial charge in [0.1, 0.15) is 5.75 Å². The van der Waals surface area contributed by atoms with Crippen molar-refractivity contribution in [2.45, 2.75) is 13.5 Å². The number of rotatable bonds is 4. The number of aromatic hydroxyl groups is 1. The highest BCUT2D eigenvalue weighted by Gasteiger charge is 2.11. The molecule has 0 saturated carbocycles. The quantitative estimate of drug-likeness (QED) is 0.698. The van der Waals surface area contributed by atoms with Crippen LogP contribution < -0.4 is 4.80 Å². The van der Waals surface area contributed by atoms with Crippen LogP contribution in [0.15, 0.2) is 72.2 Å². The molecule has 0 aliphatic heterocycles. The van der Waals surface area contributed by atoms with E-state index in [9.17, 15) is 5.11 Å². The molecule has 0 aliphatic rings. The molecule has 1 aromatic heterocycles. The molecule has 0 atom stereocenters. The lowest BCUT2D eigenvalue weighted by molar-refractivity contribution is 0.475. The topological polar surface area (TPSA) is 37.5 Å². The maximum Gasteiger partial charge on any atom is 0.190 e. The summed E-state index contributed by atoms with van der Waals surface area (Å²) < 4.78 is 2.16. The maximum absolute atomic E-state index is 9.62. The molecule has 23 heavy (non-hydrogen) atoms. The molecule has 116 valence electrons. The van der Waals surface area contributed by atoms with Gasteiger partial charge in [-0.1, -0.05) is 42.5 Å². The first kappa shape index (κ1) is 15.3. The van der Waals surface area contributed by atoms with E-state index in [0.717, 1.165) is 16.2 Å². The maximum atomic E-state index is 9.62. The molecule has 1 N–H and O–H groups in total. The Labute approximate surface area is 139 Å². The lowest BCUT2D eigenvalue weighted by Gasteiger charge is -2.07. The summed E-state index contributed by atoms with van der Waals surface area (Å²) in [7, 11) is 0. The van der Waals surface area contributed by atoms with Crippen LogP contribution in [0.5, 0.6) is 5.75 Å². The van der Waals surface area contributed by atoms with Crippen LogP contribution in [0, 0.1) is 6.92 Å². The van der Waals surface area contributed by atoms with Crippen molar-refractivity contribution < 1.29 is 5.11 Å². The molecule has 3 aromatic rings. The smallest absolute Gasteiger partial charge is 0.190 e. The van der Waals surface area contributed by atoms with Crippen molar-refractivity contribution in [2.24, 2.45) is 4.99 Å². The number of hydrogen-bond donors (Lipinski definition) is 1. The normalized spacial score (nSPS) is 11.6. The Hall–Kier alpha value is -2.59. The highest BCUT2D eigenvalue weighted by Crippen LogP contribution is 2.26. The third-order valence-corrected chi connectivity index (χ3v) is 4.49. The van der Waals surface area contributed by atoms with E-state index in [0.29, 0.717) is 6.54 Å². The average Bonchev–Trinajstić information content (AvgIpc) is 2.84. The van der Waals surface area contributed by atoms with Gasteiger partial charge in [-0.2, -0.15) is 0 Å². The lowest BCUT2D eigenvalue weighted by Crippen LogP contribution is -2.14. The van der Waals surface area contributed by atoms with Crippen LogP contribution in [0.3, 0.4) is 0 Å². The minimum absolute atomic E-state index is 0.220. The predicted octanol–water partition coefficient (Wildman–Crippen LogP) is 4.65. The van der Waals surface area contributed by atoms with Crippen molar-refractivity contribution in [2.75, 3.05) is 0 Å². The van der Waals surface area contributed by atoms with Crippen LogP contribution in [-0.4, -0.2) is 9.67 Å². The summed E-state index contributed by atoms with van der Waals surface area (Å²) in [5.41, 5.74) is 3.07. The molecule has 0 unspecified atom stereocenters. The van der Waals surface area contributed by atoms with E-state index in [1.165, 1.54) is 10.4 Å². The van der Waals surface area contributed by atoms with Crippen LogP contribution in [0.25, 0.3) is 11.3 Å². The summed E-state index contributed by atoms with van der Waals surface area (Å²) in [5, 5.41) is 9.62. The summed E-state index contributed by atoms with van der Waals surface area (Å²) in [6.07, 6.45) is 1.88. The second-order valence-corrected chi connectivity index (χ2v) is 6.37. The molecule has 0 radical (unpaired) electrons. The van der Waals surface area contributed by atoms with E-state index < -0.39 is 0 Å². The minimum Gasteiger partial charge on any atom is -0.508 e. The fourth-order valence-corrected chi connectivity index (χ4v) is 3.56. The van der Waals surface area contributed by atoms with Crippen molar-refractivity contribution in [3.63, 3.8) is 0 Å². The van der Waals surface area contributed by atoms with Crippen LogP contribution in [0.2, 0.25) is 0 Å². The van der Waals surface area contributed by atoms with Gasteiger partial charge in [-0.3, -0.25) is 0 Å². The third kappa shape index (κ3) is 3.27. The molecular weight excluding hydrogens is 304 g/mol. The average molecular weight is 322 g/mol. The number of aromatic nitrogens is 1. The Morgan fingerprint density at radius 1 is 1.17 bits per heavy atom. The van der Waals surface area contributed by atoms with Crippen LogP contribution >= 0.6 is 11.3 Å². The van der Waals surface area contributed by atoms with Gasteiger partial charge >= 0.3 is 0 Å². The largest absolute Gasteiger partial charge is 0.508 e. The molecule has 2 aromatic carbocycles. The van der Waals surface area contributed by atoms with E-state index in [1.807, 2.05) is 30.3 Å². The second kappa shape index (κ2) is 6.67. The van der Waals surface area contributed by atoms with Crippen molar-refractivity contribution in [3.8, 4) is 17.0 Å². The predicted molar refractivity (Wildman–Crippen MR) is 96.0 cm³/mol. The molecule has 0 aliphatic carbocycles. The Morgan fingerprint density at radius 3 is 2.65 bits per heavy atom. The summed E-state index contributed by atoms with van der Waals surface area (Å²) >= 11 is 1.64. The third-order valence-electron chi connectivity index (χ3n) is 3.49. The van der Waals surface area contributed by atoms with Crippen molar-refractivity contribution in [1.82, 2.24) is 4.57 Å². The fraction of sp³-hybridized carbons (Fsp3) is 0.105. The molecule has 1 heterocycles. The van der Waals surface area contributed by atoms with Gasteiger partial charge in [0.2, 0.25) is 0 Å². The lowest BCUT2D eigenvalue weighted by atomic mass is 10.1. The minimum atomic E-state index is 0.220. The Bertz CT molecular complexity index is 891. The first-order chi connectivity index (χ1) is 11.2. The zero-order valence-electron chi connectivity index (χ0n) is 12.9. The van der Waals surface area contributed by atoms with Crippen molar-refractivity contribution in [1.29, 1.82) is 0 Å². The van der Waals surface area contributed by atoms with Crippen molar-refractivity contribution >= 4 is 17.0 Å². The monoisotopic (exact) mass is 322 g/mol. The summed E-state index contributed by atoms with van der Waals surface area (Å²) in [4.78, 5) is 6.80. The molecule has 0 fully saturated rings. The molecule has 0 spiro atoms. The van der Waals surface area contributed by atoms with Gasteiger partial charge in [0.15, 0.2) is 4.80 Å². The number of benzene rings is 2. The van der Waals surface area contributed by atoms with Gasteiger partial charge in [-0.15, -0.1) is 17.9 Å². The zero-order valence-corrected chi connectivity index (χ0v) is 13.8. The SMILES string of the molecule is C=CCn1c(-c2ccccc2)c(C)sc1=Nc1cccc(O)c1. The number of allylic oxidation sites excluding steroid dienone is 1. The molecule has 0 amide bonds. The first-order valence-electron chi connectivity index (χ1n) is 7.39. The summed E-state index contributed by atoms with van der Waals surface area (Å²) in [5.74, 6) is 0.220. The second-order valence-electron chi connectivity index (χ2n) is 5.19. The molecule has 0 bridgehead atoms. The Balaban J connectivity index is 2.21. The number of thiazole rings is 1. The van der Waals surface area contributed by atoms with Gasteiger partial charge < -0.3 is 9.67 Å². The molecule has 3 rings (SSSR count). The van der Waals surface area contributed by atoms with E-state index in [-0.39, 0.29) is 5.75 Å². The molecule has 3 nitrogen and oxygen atoms in total. The van der Waals surface area contributed by atoms with Crippen LogP contribution in [-0.2, 0) is 6.54 Å². The van der Waals surface area contributed by atoms with E-state index >= 15 is 0 Å². The number of aryl methyl sites for hydroxylation is 1. The number of phenols is 1. The number of nitrogens with zero attached hydrogens (tertiary/aromatic N) is 2. The van der Waals surface area contributed by atoms with Crippen LogP contribution in [0.4, 0.5) is 5.69 Å². The molecular formula is C19H18N2OS. The van der Waals surface area contributed by atoms with E-state index in [2.05, 4.69) is 30.2 Å². The van der Waals surface area contributed by atoms with Crippen LogP contribution in [0.1, 0.15) is 4.88 Å².